The Hall–Kier alpha value is -14.3. The van der Waals surface area contributed by atoms with Gasteiger partial charge in [0.1, 0.15) is 96.4 Å². The molecule has 8 rings (SSSR count). The largest absolute Gasteiger partial charge is 0.508 e. The van der Waals surface area contributed by atoms with Crippen LogP contribution in [0.4, 0.5) is 0 Å². The van der Waals surface area contributed by atoms with Crippen molar-refractivity contribution in [3.8, 4) is 16.9 Å². The van der Waals surface area contributed by atoms with Crippen LogP contribution < -0.4 is 74.9 Å². The molecule has 1 aromatic heterocycles. The zero-order valence-corrected chi connectivity index (χ0v) is 78.4. The second kappa shape index (κ2) is 52.0. The predicted molar refractivity (Wildman–Crippen MR) is 501 cm³/mol. The number of carboxylic acids is 3. The van der Waals surface area contributed by atoms with E-state index in [1.165, 1.54) is 59.0 Å². The number of rotatable bonds is 26. The minimum absolute atomic E-state index is 0.0410. The molecule has 2 aliphatic heterocycles. The first kappa shape index (κ1) is 108. The number of thioether (sulfide) groups is 1. The third kappa shape index (κ3) is 33.0. The summed E-state index contributed by atoms with van der Waals surface area (Å²) in [7, 11) is 1.18. The van der Waals surface area contributed by atoms with E-state index in [1.54, 1.807) is 113 Å². The van der Waals surface area contributed by atoms with Crippen LogP contribution in [0.2, 0.25) is 0 Å². The Balaban J connectivity index is 1.21. The maximum absolute atomic E-state index is 15.5. The van der Waals surface area contributed by atoms with Crippen molar-refractivity contribution in [2.24, 2.45) is 23.5 Å². The number of benzene rings is 5. The van der Waals surface area contributed by atoms with Gasteiger partial charge in [0, 0.05) is 75.0 Å². The van der Waals surface area contributed by atoms with Crippen molar-refractivity contribution in [2.75, 3.05) is 31.7 Å². The van der Waals surface area contributed by atoms with Crippen molar-refractivity contribution in [3.05, 3.63) is 162 Å². The number of carbonyl (C=O) groups is 19. The number of primary amides is 1. The van der Waals surface area contributed by atoms with Crippen LogP contribution in [0.1, 0.15) is 135 Å². The molecule has 2 aliphatic rings. The zero-order chi connectivity index (χ0) is 101. The van der Waals surface area contributed by atoms with Gasteiger partial charge in [0.15, 0.2) is 0 Å². The Labute approximate surface area is 795 Å². The van der Waals surface area contributed by atoms with E-state index in [-0.39, 0.29) is 56.4 Å². The van der Waals surface area contributed by atoms with Crippen LogP contribution in [-0.2, 0) is 117 Å². The van der Waals surface area contributed by atoms with Crippen molar-refractivity contribution < 1.29 is 117 Å². The number of aromatic hydroxyl groups is 1. The number of nitrogens with one attached hydrogen (secondary N) is 14. The number of aromatic nitrogens is 1. The molecule has 5 aromatic carbocycles. The minimum Gasteiger partial charge on any atom is -0.508 e. The first-order valence-corrected chi connectivity index (χ1v) is 46.3. The lowest BCUT2D eigenvalue weighted by Crippen LogP contribution is -2.61. The number of carboxylic acid groups (broad SMARTS) is 3. The van der Waals surface area contributed by atoms with E-state index in [2.05, 4.69) is 74.1 Å². The highest BCUT2D eigenvalue weighted by Crippen LogP contribution is 2.26. The quantitative estimate of drug-likeness (QED) is 0.0344. The molecule has 42 heteroatoms. The van der Waals surface area contributed by atoms with Gasteiger partial charge in [0.25, 0.3) is 0 Å². The average molecular weight is 1920 g/mol. The number of amides is 16. The smallest absolute Gasteiger partial charge is 0.305 e. The van der Waals surface area contributed by atoms with Crippen LogP contribution in [0.25, 0.3) is 22.0 Å². The molecule has 0 saturated carbocycles. The van der Waals surface area contributed by atoms with Gasteiger partial charge in [0.05, 0.1) is 18.8 Å². The second-order valence-corrected chi connectivity index (χ2v) is 36.3. The highest BCUT2D eigenvalue weighted by atomic mass is 32.2. The van der Waals surface area contributed by atoms with Gasteiger partial charge in [-0.05, 0) is 122 Å². The Morgan fingerprint density at radius 2 is 0.905 bits per heavy atom. The third-order valence-electron chi connectivity index (χ3n) is 23.2. The Kier molecular flexibility index (Phi) is 41.0. The molecular weight excluding hydrogens is 1800 g/mol. The Bertz CT molecular complexity index is 5300. The molecule has 2 fully saturated rings. The number of nitrogens with zero attached hydrogens (tertiary/aromatic N) is 2. The number of hydrogen-bond acceptors (Lipinski definition) is 22. The van der Waals surface area contributed by atoms with Crippen molar-refractivity contribution in [1.82, 2.24) is 83.9 Å². The molecule has 21 N–H and O–H groups in total. The SMILES string of the molecule is CC(C)C[C@@H]1NC(=O)[C@H](Cc2c[nH]c3ccccc23)NC(=O)[C@H](CC(=O)O)NC(=O)[C@H](Cc2ccc(O)cc2)NC(=O)[C@H](Cc2ccccc2)NC(=O)CSC[C@@H](C(=O)N[C@@H](C)C(N)=O)NC(=O)[C@H](CO)NC(=O)[C@H](C(C)C)NC(=O)[C@H](CC(C)C)NC(=O)[C@H](CCC(=O)O)NC(=O)[C@H]2CCCN2C(=O)[C@H](C)N(C)C(=O)[C@H](CCC(=O)O)NC(=O)[C@H](Cc2ccc(-c3ccccc3)cc2)NC1=O. The van der Waals surface area contributed by atoms with Crippen molar-refractivity contribution in [2.45, 2.75) is 229 Å². The molecule has 15 atom stereocenters. The van der Waals surface area contributed by atoms with Crippen LogP contribution in [0.5, 0.6) is 5.75 Å². The first-order valence-electron chi connectivity index (χ1n) is 45.1. The zero-order valence-electron chi connectivity index (χ0n) is 77.6. The molecule has 6 aromatic rings. The summed E-state index contributed by atoms with van der Waals surface area (Å²) in [5, 5.41) is 85.3. The van der Waals surface area contributed by atoms with E-state index in [9.17, 15) is 83.1 Å². The van der Waals surface area contributed by atoms with Crippen LogP contribution in [-0.4, -0.2) is 275 Å². The van der Waals surface area contributed by atoms with Gasteiger partial charge in [0.2, 0.25) is 94.5 Å². The number of aromatic amines is 1. The number of phenols is 1. The van der Waals surface area contributed by atoms with E-state index < -0.39 is 284 Å². The van der Waals surface area contributed by atoms with E-state index in [4.69, 9.17) is 5.73 Å². The minimum atomic E-state index is -2.10. The number of phenolic OH excluding ortho intramolecular Hbond substituents is 1. The highest BCUT2D eigenvalue weighted by molar-refractivity contribution is 8.00. The molecule has 16 amide bonds. The van der Waals surface area contributed by atoms with Gasteiger partial charge in [-0.25, -0.2) is 0 Å². The molecular formula is C95H123N17O24S. The van der Waals surface area contributed by atoms with E-state index >= 15 is 33.6 Å². The Morgan fingerprint density at radius 3 is 1.44 bits per heavy atom. The molecule has 738 valence electrons. The summed E-state index contributed by atoms with van der Waals surface area (Å²) in [6, 6.07) is 11.2. The van der Waals surface area contributed by atoms with E-state index in [1.807, 2.05) is 30.3 Å². The lowest BCUT2D eigenvalue weighted by atomic mass is 9.98. The van der Waals surface area contributed by atoms with Crippen LogP contribution in [0.3, 0.4) is 0 Å². The molecule has 41 nitrogen and oxygen atoms in total. The van der Waals surface area contributed by atoms with Crippen LogP contribution in [0.15, 0.2) is 140 Å². The fraction of sp³-hybridized carbons (Fsp3) is 0.463. The van der Waals surface area contributed by atoms with Gasteiger partial charge >= 0.3 is 17.9 Å². The summed E-state index contributed by atoms with van der Waals surface area (Å²) in [4.78, 5) is 278. The molecule has 0 radical (unpaired) electrons. The summed E-state index contributed by atoms with van der Waals surface area (Å²) in [5.74, 6) is -24.5. The molecule has 0 unspecified atom stereocenters. The monoisotopic (exact) mass is 1920 g/mol. The number of aliphatic carboxylic acids is 3. The molecule has 137 heavy (non-hydrogen) atoms. The number of fused-ring (bicyclic) bond motifs is 2. The maximum atomic E-state index is 15.5. The number of hydrogen-bond donors (Lipinski definition) is 20. The van der Waals surface area contributed by atoms with E-state index in [0.717, 1.165) is 20.9 Å². The number of nitrogens with two attached hydrogens (primary N) is 1. The predicted octanol–water partition coefficient (Wildman–Crippen LogP) is 0.148. The number of aliphatic hydroxyl groups excluding tert-OH is 1. The average Bonchev–Trinajstić information content (AvgIpc) is 1.72. The van der Waals surface area contributed by atoms with Gasteiger partial charge in [-0.15, -0.1) is 11.8 Å². The number of H-pyrrole nitrogens is 1. The highest BCUT2D eigenvalue weighted by Gasteiger charge is 2.44. The maximum Gasteiger partial charge on any atom is 0.305 e. The fourth-order valence-corrected chi connectivity index (χ4v) is 16.4. The third-order valence-corrected chi connectivity index (χ3v) is 24.2. The van der Waals surface area contributed by atoms with Gasteiger partial charge in [-0.2, -0.15) is 0 Å². The normalized spacial score (nSPS) is 23.6. The number of aliphatic hydroxyl groups is 1. The number of carbonyl (C=O) groups excluding carboxylic acids is 16. The standard InChI is InChI=1S/C95H123N17O24S/c1-50(2)39-66-83(124)104-69(42-56-26-30-59(31-27-56)58-21-14-11-15-22-58)85(126)101-65(35-37-78(118)119)95(136)111(9)54(8)94(135)112-38-18-25-75(112)92(133)100-64(34-36-77(116)117)82(123)102-67(40-51(3)4)89(130)110-80(52(5)6)93(134)108-73(47-113)90(131)109-74(91(132)98-53(7)81(96)122)48-137-49-76(115)99-68(41-55-19-12-10-13-20-55)84(125)105-70(43-57-28-32-61(114)33-29-57)86(127)107-72(45-79(120)121)88(129)106-71(87(128)103-66)44-60-46-97-63-24-17-16-23-62(60)63/h10-17,19-24,26-33,46,50-54,64-75,80,97,113-114H,18,25,34-45,47-49H2,1-9H3,(H2,96,122)(H,98,132)(H,99,115)(H,100,133)(H,101,126)(H,102,123)(H,103,128)(H,104,124)(H,105,125)(H,106,129)(H,107,127)(H,108,134)(H,109,131)(H,110,130)(H,116,117)(H,118,119)(H,120,121)/t53-,54-,64-,65-,66-,67-,68-,69-,70-,71-,72-,73-,74-,75+,80-/m0/s1. The van der Waals surface area contributed by atoms with Gasteiger partial charge in [-0.1, -0.05) is 157 Å². The summed E-state index contributed by atoms with van der Waals surface area (Å²) < 4.78 is 0. The van der Waals surface area contributed by atoms with Crippen molar-refractivity contribution in [3.63, 3.8) is 0 Å². The Morgan fingerprint density at radius 1 is 0.467 bits per heavy atom. The topological polar surface area (TPSA) is 630 Å². The lowest BCUT2D eigenvalue weighted by Gasteiger charge is -2.34. The summed E-state index contributed by atoms with van der Waals surface area (Å²) in [5.41, 5.74) is 9.20. The van der Waals surface area contributed by atoms with E-state index in [0.29, 0.717) is 39.4 Å². The fourth-order valence-electron chi connectivity index (χ4n) is 15.5. The van der Waals surface area contributed by atoms with Gasteiger partial charge in [-0.3, -0.25) is 91.1 Å². The van der Waals surface area contributed by atoms with Crippen LogP contribution >= 0.6 is 11.8 Å². The summed E-state index contributed by atoms with van der Waals surface area (Å²) in [6.07, 6.45) is -3.98. The van der Waals surface area contributed by atoms with Crippen molar-refractivity contribution in [1.29, 1.82) is 0 Å². The summed E-state index contributed by atoms with van der Waals surface area (Å²) >= 11 is 0.692. The van der Waals surface area contributed by atoms with Crippen LogP contribution in [0, 0.1) is 17.8 Å². The molecule has 3 heterocycles. The molecule has 0 spiro atoms. The first-order chi connectivity index (χ1) is 65.0. The van der Waals surface area contributed by atoms with Gasteiger partial charge < -0.3 is 115 Å². The van der Waals surface area contributed by atoms with Crippen molar-refractivity contribution >= 4 is 135 Å². The molecule has 0 bridgehead atoms. The number of para-hydroxylation sites is 1. The lowest BCUT2D eigenvalue weighted by molar-refractivity contribution is -0.148. The second-order valence-electron chi connectivity index (χ2n) is 35.2. The molecule has 0 aliphatic carbocycles. The number of likely N-dealkylation sites (N-methyl/N-ethyl adjacent to an activating group) is 1. The summed E-state index contributed by atoms with van der Waals surface area (Å²) in [6.45, 7) is 11.0. The molecule has 2 saturated heterocycles.